The Kier molecular flexibility index (Phi) is 4.66. The molecular weight excluding hydrogens is 322 g/mol. The number of rotatable bonds is 2. The molecule has 0 aliphatic carbocycles. The van der Waals surface area contributed by atoms with E-state index in [2.05, 4.69) is 23.3 Å². The van der Waals surface area contributed by atoms with Crippen LogP contribution in [0.3, 0.4) is 0 Å². The SMILES string of the molecule is Cc1ccc(-c2ncc(C(=O)N3CCCNC(=O)[C@@H]3C)s2)c(C)c1. The van der Waals surface area contributed by atoms with Crippen LogP contribution in [-0.4, -0.2) is 40.8 Å². The number of hydrogen-bond donors (Lipinski definition) is 1. The van der Waals surface area contributed by atoms with E-state index in [1.54, 1.807) is 18.0 Å². The van der Waals surface area contributed by atoms with Gasteiger partial charge in [-0.3, -0.25) is 9.59 Å². The van der Waals surface area contributed by atoms with Crippen molar-refractivity contribution in [3.05, 3.63) is 40.4 Å². The highest BCUT2D eigenvalue weighted by atomic mass is 32.1. The highest BCUT2D eigenvalue weighted by Gasteiger charge is 2.29. The number of aryl methyl sites for hydroxylation is 2. The van der Waals surface area contributed by atoms with Crippen molar-refractivity contribution in [1.29, 1.82) is 0 Å². The van der Waals surface area contributed by atoms with Gasteiger partial charge in [0.05, 0.1) is 6.20 Å². The molecule has 2 heterocycles. The van der Waals surface area contributed by atoms with E-state index in [4.69, 9.17) is 0 Å². The maximum Gasteiger partial charge on any atom is 0.266 e. The number of thiazole rings is 1. The Bertz CT molecular complexity index is 784. The lowest BCUT2D eigenvalue weighted by atomic mass is 10.1. The molecule has 1 fully saturated rings. The number of hydrogen-bond acceptors (Lipinski definition) is 4. The Morgan fingerprint density at radius 3 is 2.92 bits per heavy atom. The molecule has 2 amide bonds. The van der Waals surface area contributed by atoms with Crippen molar-refractivity contribution >= 4 is 23.2 Å². The van der Waals surface area contributed by atoms with Crippen molar-refractivity contribution in [2.45, 2.75) is 33.2 Å². The van der Waals surface area contributed by atoms with Crippen LogP contribution < -0.4 is 5.32 Å². The number of carbonyl (C=O) groups excluding carboxylic acids is 2. The second-order valence-electron chi connectivity index (χ2n) is 6.17. The zero-order valence-electron chi connectivity index (χ0n) is 14.1. The van der Waals surface area contributed by atoms with E-state index in [9.17, 15) is 9.59 Å². The lowest BCUT2D eigenvalue weighted by molar-refractivity contribution is -0.124. The third kappa shape index (κ3) is 3.19. The molecule has 1 aliphatic heterocycles. The number of carbonyl (C=O) groups is 2. The minimum Gasteiger partial charge on any atom is -0.354 e. The Labute approximate surface area is 145 Å². The maximum atomic E-state index is 12.8. The average molecular weight is 343 g/mol. The van der Waals surface area contributed by atoms with Gasteiger partial charge in [-0.15, -0.1) is 11.3 Å². The Hall–Kier alpha value is -2.21. The predicted octanol–water partition coefficient (Wildman–Crippen LogP) is 2.78. The number of nitrogens with one attached hydrogen (secondary N) is 1. The quantitative estimate of drug-likeness (QED) is 0.912. The lowest BCUT2D eigenvalue weighted by Gasteiger charge is -2.24. The van der Waals surface area contributed by atoms with Crippen LogP contribution in [0.4, 0.5) is 0 Å². The summed E-state index contributed by atoms with van der Waals surface area (Å²) in [7, 11) is 0. The van der Waals surface area contributed by atoms with Gasteiger partial charge in [-0.25, -0.2) is 4.98 Å². The van der Waals surface area contributed by atoms with Crippen LogP contribution in [0.15, 0.2) is 24.4 Å². The van der Waals surface area contributed by atoms with Crippen LogP contribution in [0.1, 0.15) is 34.1 Å². The monoisotopic (exact) mass is 343 g/mol. The van der Waals surface area contributed by atoms with Crippen molar-refractivity contribution in [2.24, 2.45) is 0 Å². The van der Waals surface area contributed by atoms with Gasteiger partial charge < -0.3 is 10.2 Å². The van der Waals surface area contributed by atoms with Crippen molar-refractivity contribution in [2.75, 3.05) is 13.1 Å². The van der Waals surface area contributed by atoms with Gasteiger partial charge in [-0.1, -0.05) is 23.8 Å². The molecule has 1 aliphatic rings. The van der Waals surface area contributed by atoms with E-state index in [0.717, 1.165) is 22.6 Å². The van der Waals surface area contributed by atoms with Gasteiger partial charge in [0.1, 0.15) is 15.9 Å². The van der Waals surface area contributed by atoms with Gasteiger partial charge in [0.15, 0.2) is 0 Å². The number of aromatic nitrogens is 1. The van der Waals surface area contributed by atoms with E-state index >= 15 is 0 Å². The standard InChI is InChI=1S/C18H21N3O2S/c1-11-5-6-14(12(2)9-11)17-20-10-15(24-17)18(23)21-8-4-7-19-16(22)13(21)3/h5-6,9-10,13H,4,7-8H2,1-3H3,(H,19,22)/t13-/m0/s1. The van der Waals surface area contributed by atoms with Gasteiger partial charge in [-0.2, -0.15) is 0 Å². The largest absolute Gasteiger partial charge is 0.354 e. The molecule has 1 saturated heterocycles. The number of nitrogens with zero attached hydrogens (tertiary/aromatic N) is 2. The Balaban J connectivity index is 1.87. The van der Waals surface area contributed by atoms with Crippen LogP contribution in [0, 0.1) is 13.8 Å². The molecule has 6 heteroatoms. The minimum atomic E-state index is -0.452. The molecule has 1 N–H and O–H groups in total. The van der Waals surface area contributed by atoms with E-state index < -0.39 is 6.04 Å². The summed E-state index contributed by atoms with van der Waals surface area (Å²) < 4.78 is 0. The van der Waals surface area contributed by atoms with Crippen LogP contribution in [0.25, 0.3) is 10.6 Å². The molecule has 0 unspecified atom stereocenters. The average Bonchev–Trinajstić information content (AvgIpc) is 2.96. The van der Waals surface area contributed by atoms with Crippen molar-refractivity contribution < 1.29 is 9.59 Å². The summed E-state index contributed by atoms with van der Waals surface area (Å²) in [4.78, 5) is 31.4. The van der Waals surface area contributed by atoms with E-state index in [1.165, 1.54) is 16.9 Å². The Morgan fingerprint density at radius 1 is 1.38 bits per heavy atom. The molecule has 1 aromatic heterocycles. The summed E-state index contributed by atoms with van der Waals surface area (Å²) in [5, 5.41) is 3.67. The van der Waals surface area contributed by atoms with Crippen molar-refractivity contribution in [3.8, 4) is 10.6 Å². The van der Waals surface area contributed by atoms with E-state index in [1.807, 2.05) is 19.1 Å². The molecule has 2 aromatic rings. The van der Waals surface area contributed by atoms with E-state index in [0.29, 0.717) is 18.0 Å². The minimum absolute atomic E-state index is 0.0973. The highest BCUT2D eigenvalue weighted by molar-refractivity contribution is 7.16. The summed E-state index contributed by atoms with van der Waals surface area (Å²) in [5.74, 6) is -0.215. The molecule has 0 saturated carbocycles. The van der Waals surface area contributed by atoms with Gasteiger partial charge in [0, 0.05) is 18.7 Å². The van der Waals surface area contributed by atoms with Gasteiger partial charge in [-0.05, 0) is 32.8 Å². The number of amides is 2. The lowest BCUT2D eigenvalue weighted by Crippen LogP contribution is -2.45. The summed E-state index contributed by atoms with van der Waals surface area (Å²) in [6, 6.07) is 5.75. The normalized spacial score (nSPS) is 18.2. The van der Waals surface area contributed by atoms with Crippen LogP contribution in [0.5, 0.6) is 0 Å². The third-order valence-corrected chi connectivity index (χ3v) is 5.33. The zero-order chi connectivity index (χ0) is 17.3. The maximum absolute atomic E-state index is 12.8. The van der Waals surface area contributed by atoms with Gasteiger partial charge >= 0.3 is 0 Å². The number of benzene rings is 1. The fraction of sp³-hybridized carbons (Fsp3) is 0.389. The van der Waals surface area contributed by atoms with Crippen LogP contribution in [0.2, 0.25) is 0 Å². The van der Waals surface area contributed by atoms with E-state index in [-0.39, 0.29) is 11.8 Å². The molecule has 5 nitrogen and oxygen atoms in total. The molecular formula is C18H21N3O2S. The highest BCUT2D eigenvalue weighted by Crippen LogP contribution is 2.29. The predicted molar refractivity (Wildman–Crippen MR) is 95.1 cm³/mol. The van der Waals surface area contributed by atoms with Gasteiger partial charge in [0.25, 0.3) is 5.91 Å². The first-order valence-corrected chi connectivity index (χ1v) is 8.91. The zero-order valence-corrected chi connectivity index (χ0v) is 14.9. The van der Waals surface area contributed by atoms with Crippen molar-refractivity contribution in [3.63, 3.8) is 0 Å². The topological polar surface area (TPSA) is 62.3 Å². The molecule has 24 heavy (non-hydrogen) atoms. The summed E-state index contributed by atoms with van der Waals surface area (Å²) in [6.07, 6.45) is 2.39. The molecule has 3 rings (SSSR count). The Morgan fingerprint density at radius 2 is 2.17 bits per heavy atom. The summed E-state index contributed by atoms with van der Waals surface area (Å²) in [5.41, 5.74) is 3.39. The fourth-order valence-corrected chi connectivity index (χ4v) is 3.88. The second kappa shape index (κ2) is 6.73. The molecule has 1 atom stereocenters. The summed E-state index contributed by atoms with van der Waals surface area (Å²) in [6.45, 7) is 7.06. The first kappa shape index (κ1) is 16.6. The molecule has 0 bridgehead atoms. The smallest absolute Gasteiger partial charge is 0.266 e. The molecule has 126 valence electrons. The first-order valence-electron chi connectivity index (χ1n) is 8.09. The third-order valence-electron chi connectivity index (χ3n) is 4.31. The second-order valence-corrected chi connectivity index (χ2v) is 7.20. The molecule has 0 radical (unpaired) electrons. The molecule has 0 spiro atoms. The van der Waals surface area contributed by atoms with Crippen LogP contribution in [-0.2, 0) is 4.79 Å². The molecule has 1 aromatic carbocycles. The van der Waals surface area contributed by atoms with Crippen LogP contribution >= 0.6 is 11.3 Å². The van der Waals surface area contributed by atoms with Gasteiger partial charge in [0.2, 0.25) is 5.91 Å². The van der Waals surface area contributed by atoms with Crippen molar-refractivity contribution in [1.82, 2.24) is 15.2 Å². The fourth-order valence-electron chi connectivity index (χ4n) is 2.91. The summed E-state index contributed by atoms with van der Waals surface area (Å²) >= 11 is 1.38. The first-order chi connectivity index (χ1) is 11.5.